The lowest BCUT2D eigenvalue weighted by molar-refractivity contribution is -0.136. The molecule has 4 heterocycles. The van der Waals surface area contributed by atoms with E-state index in [9.17, 15) is 4.79 Å². The van der Waals surface area contributed by atoms with Gasteiger partial charge in [-0.1, -0.05) is 6.07 Å². The van der Waals surface area contributed by atoms with Crippen LogP contribution in [0.15, 0.2) is 41.6 Å². The number of benzene rings is 2. The summed E-state index contributed by atoms with van der Waals surface area (Å²) in [5.41, 5.74) is 4.15. The van der Waals surface area contributed by atoms with Gasteiger partial charge >= 0.3 is 5.97 Å². The molecule has 0 saturated carbocycles. The highest BCUT2D eigenvalue weighted by atomic mass is 16.7. The van der Waals surface area contributed by atoms with Crippen LogP contribution in [-0.4, -0.2) is 26.2 Å². The Kier molecular flexibility index (Phi) is 2.59. The minimum Gasteiger partial charge on any atom is -0.456 e. The van der Waals surface area contributed by atoms with E-state index in [1.165, 1.54) is 0 Å². The SMILES string of the molecule is O=C1OCC2=C1[C@@H](c1ccc3c(c1)OCO3)c1cc3c(cc1N2)OCO3. The molecule has 4 aliphatic rings. The first-order chi connectivity index (χ1) is 12.8. The van der Waals surface area contributed by atoms with Crippen LogP contribution in [-0.2, 0) is 9.53 Å². The summed E-state index contributed by atoms with van der Waals surface area (Å²) in [6.07, 6.45) is 0. The normalized spacial score (nSPS) is 21.2. The largest absolute Gasteiger partial charge is 0.456 e. The lowest BCUT2D eigenvalue weighted by atomic mass is 9.81. The summed E-state index contributed by atoms with van der Waals surface area (Å²) in [7, 11) is 0. The van der Waals surface area contributed by atoms with E-state index in [1.54, 1.807) is 0 Å². The number of carbonyl (C=O) groups is 1. The van der Waals surface area contributed by atoms with Crippen molar-refractivity contribution in [1.82, 2.24) is 0 Å². The number of fused-ring (bicyclic) bond motifs is 3. The van der Waals surface area contributed by atoms with Crippen LogP contribution < -0.4 is 24.3 Å². The molecule has 0 spiro atoms. The number of nitrogens with one attached hydrogen (secondary N) is 1. The van der Waals surface area contributed by atoms with E-state index < -0.39 is 0 Å². The van der Waals surface area contributed by atoms with Crippen molar-refractivity contribution in [3.8, 4) is 23.0 Å². The van der Waals surface area contributed by atoms with E-state index in [2.05, 4.69) is 5.32 Å². The summed E-state index contributed by atoms with van der Waals surface area (Å²) in [5.74, 6) is 2.16. The molecule has 2 aromatic carbocycles. The first-order valence-electron chi connectivity index (χ1n) is 8.28. The number of esters is 1. The van der Waals surface area contributed by atoms with Crippen LogP contribution in [0.2, 0.25) is 0 Å². The summed E-state index contributed by atoms with van der Waals surface area (Å²) in [5, 5.41) is 3.31. The molecular weight excluding hydrogens is 338 g/mol. The van der Waals surface area contributed by atoms with Crippen molar-refractivity contribution >= 4 is 11.7 Å². The van der Waals surface area contributed by atoms with Crippen LogP contribution >= 0.6 is 0 Å². The Morgan fingerprint density at radius 2 is 1.58 bits per heavy atom. The lowest BCUT2D eigenvalue weighted by Crippen LogP contribution is -2.19. The Labute approximate surface area is 148 Å². The molecule has 26 heavy (non-hydrogen) atoms. The minimum absolute atomic E-state index is 0.197. The van der Waals surface area contributed by atoms with Crippen molar-refractivity contribution in [2.75, 3.05) is 25.5 Å². The maximum Gasteiger partial charge on any atom is 0.337 e. The Hall–Kier alpha value is -3.35. The number of ether oxygens (including phenoxy) is 5. The molecule has 1 N–H and O–H groups in total. The third-order valence-corrected chi connectivity index (χ3v) is 5.05. The summed E-state index contributed by atoms with van der Waals surface area (Å²) in [6, 6.07) is 9.57. The van der Waals surface area contributed by atoms with Crippen LogP contribution in [0, 0.1) is 0 Å². The van der Waals surface area contributed by atoms with Crippen molar-refractivity contribution in [1.29, 1.82) is 0 Å². The van der Waals surface area contributed by atoms with Crippen molar-refractivity contribution in [3.63, 3.8) is 0 Å². The van der Waals surface area contributed by atoms with Gasteiger partial charge in [0.15, 0.2) is 23.0 Å². The van der Waals surface area contributed by atoms with Gasteiger partial charge in [-0.3, -0.25) is 0 Å². The zero-order chi connectivity index (χ0) is 17.3. The van der Waals surface area contributed by atoms with E-state index in [1.807, 2.05) is 30.3 Å². The third kappa shape index (κ3) is 1.79. The lowest BCUT2D eigenvalue weighted by Gasteiger charge is -2.27. The third-order valence-electron chi connectivity index (χ3n) is 5.05. The van der Waals surface area contributed by atoms with Crippen molar-refractivity contribution < 1.29 is 28.5 Å². The van der Waals surface area contributed by atoms with Gasteiger partial charge in [0.05, 0.1) is 11.3 Å². The van der Waals surface area contributed by atoms with Gasteiger partial charge in [-0.05, 0) is 29.3 Å². The summed E-state index contributed by atoms with van der Waals surface area (Å²) in [6.45, 7) is 0.640. The quantitative estimate of drug-likeness (QED) is 0.791. The number of rotatable bonds is 1. The smallest absolute Gasteiger partial charge is 0.337 e. The van der Waals surface area contributed by atoms with Crippen LogP contribution in [0.3, 0.4) is 0 Å². The second-order valence-electron chi connectivity index (χ2n) is 6.43. The number of carbonyl (C=O) groups excluding carboxylic acids is 1. The molecule has 7 heteroatoms. The van der Waals surface area contributed by atoms with E-state index in [0.717, 1.165) is 22.5 Å². The standard InChI is InChI=1S/C19H13NO6/c21-19-18-12(6-22-19)20-11-5-16-15(25-8-26-16)4-10(11)17(18)9-1-2-13-14(3-9)24-7-23-13/h1-5,17,20H,6-8H2/t17-/m0/s1. The molecule has 0 saturated heterocycles. The van der Waals surface area contributed by atoms with E-state index in [0.29, 0.717) is 28.6 Å². The average molecular weight is 351 g/mol. The Morgan fingerprint density at radius 1 is 0.846 bits per heavy atom. The van der Waals surface area contributed by atoms with Gasteiger partial charge < -0.3 is 29.0 Å². The maximum absolute atomic E-state index is 12.4. The zero-order valence-corrected chi connectivity index (χ0v) is 13.5. The fourth-order valence-electron chi connectivity index (χ4n) is 3.87. The van der Waals surface area contributed by atoms with Crippen molar-refractivity contribution in [2.45, 2.75) is 5.92 Å². The second kappa shape index (κ2) is 4.85. The predicted octanol–water partition coefficient (Wildman–Crippen LogP) is 2.51. The van der Waals surface area contributed by atoms with Crippen molar-refractivity contribution in [3.05, 3.63) is 52.7 Å². The number of cyclic esters (lactones) is 1. The Balaban J connectivity index is 1.57. The molecule has 4 aliphatic heterocycles. The van der Waals surface area contributed by atoms with Crippen LogP contribution in [0.5, 0.6) is 23.0 Å². The molecule has 0 aromatic heterocycles. The highest BCUT2D eigenvalue weighted by molar-refractivity contribution is 5.97. The van der Waals surface area contributed by atoms with Gasteiger partial charge in [0.1, 0.15) is 6.61 Å². The van der Waals surface area contributed by atoms with Gasteiger partial charge in [0.2, 0.25) is 13.6 Å². The molecule has 7 nitrogen and oxygen atoms in total. The predicted molar refractivity (Wildman–Crippen MR) is 88.6 cm³/mol. The number of hydrogen-bond acceptors (Lipinski definition) is 7. The fraction of sp³-hybridized carbons (Fsp3) is 0.211. The van der Waals surface area contributed by atoms with Gasteiger partial charge in [-0.15, -0.1) is 0 Å². The first kappa shape index (κ1) is 13.9. The molecular formula is C19H13NO6. The average Bonchev–Trinajstić information content (AvgIpc) is 3.37. The first-order valence-corrected chi connectivity index (χ1v) is 8.28. The summed E-state index contributed by atoms with van der Waals surface area (Å²) < 4.78 is 27.2. The maximum atomic E-state index is 12.4. The van der Waals surface area contributed by atoms with Crippen LogP contribution in [0.1, 0.15) is 17.0 Å². The highest BCUT2D eigenvalue weighted by Crippen LogP contribution is 2.50. The van der Waals surface area contributed by atoms with E-state index in [4.69, 9.17) is 23.7 Å². The molecule has 1 atom stereocenters. The zero-order valence-electron chi connectivity index (χ0n) is 13.5. The van der Waals surface area contributed by atoms with Crippen molar-refractivity contribution in [2.24, 2.45) is 0 Å². The van der Waals surface area contributed by atoms with Crippen LogP contribution in [0.25, 0.3) is 0 Å². The van der Waals surface area contributed by atoms with E-state index in [-0.39, 0.29) is 32.1 Å². The molecule has 6 rings (SSSR count). The van der Waals surface area contributed by atoms with Gasteiger partial charge in [-0.2, -0.15) is 0 Å². The summed E-state index contributed by atoms with van der Waals surface area (Å²) in [4.78, 5) is 12.4. The van der Waals surface area contributed by atoms with Gasteiger partial charge in [0.25, 0.3) is 0 Å². The molecule has 2 aromatic rings. The van der Waals surface area contributed by atoms with Gasteiger partial charge in [-0.25, -0.2) is 4.79 Å². The topological polar surface area (TPSA) is 75.3 Å². The number of anilines is 1. The highest BCUT2D eigenvalue weighted by Gasteiger charge is 2.40. The monoisotopic (exact) mass is 351 g/mol. The second-order valence-corrected chi connectivity index (χ2v) is 6.43. The van der Waals surface area contributed by atoms with Crippen LogP contribution in [0.4, 0.5) is 5.69 Å². The molecule has 0 amide bonds. The summed E-state index contributed by atoms with van der Waals surface area (Å²) >= 11 is 0. The molecule has 130 valence electrons. The Morgan fingerprint density at radius 3 is 2.42 bits per heavy atom. The molecule has 0 unspecified atom stereocenters. The fourth-order valence-corrected chi connectivity index (χ4v) is 3.87. The molecule has 0 aliphatic carbocycles. The molecule has 0 fully saturated rings. The van der Waals surface area contributed by atoms with Gasteiger partial charge in [0, 0.05) is 17.7 Å². The molecule has 0 bridgehead atoms. The Bertz CT molecular complexity index is 1010. The molecule has 0 radical (unpaired) electrons. The van der Waals surface area contributed by atoms with E-state index >= 15 is 0 Å². The number of hydrogen-bond donors (Lipinski definition) is 1. The minimum atomic E-state index is -0.307.